The quantitative estimate of drug-likeness (QED) is 0.684. The Hall–Kier alpha value is -1.05. The molecule has 1 aromatic heterocycles. The van der Waals surface area contributed by atoms with E-state index in [-0.39, 0.29) is 18.6 Å². The number of nitrogens with zero attached hydrogens (tertiary/aromatic N) is 1. The monoisotopic (exact) mass is 221 g/mol. The SMILES string of the molecule is C=C/C=c1/c[c-]cn/c1=C/C=C\C.[V]. The van der Waals surface area contributed by atoms with Crippen LogP contribution in [0.2, 0.25) is 0 Å². The predicted molar refractivity (Wildman–Crippen MR) is 56.3 cm³/mol. The van der Waals surface area contributed by atoms with Crippen LogP contribution in [0.1, 0.15) is 6.92 Å². The minimum absolute atomic E-state index is 0. The number of allylic oxidation sites excluding steroid dienone is 3. The molecule has 2 heteroatoms. The van der Waals surface area contributed by atoms with E-state index in [1.165, 1.54) is 0 Å². The molecule has 1 aromatic rings. The van der Waals surface area contributed by atoms with E-state index in [2.05, 4.69) is 17.6 Å². The van der Waals surface area contributed by atoms with Crippen LogP contribution in [0.4, 0.5) is 0 Å². The smallest absolute Gasteiger partial charge is 0 e. The normalized spacial score (nSPS) is 12.9. The molecule has 0 aliphatic carbocycles. The van der Waals surface area contributed by atoms with Crippen LogP contribution in [0.15, 0.2) is 37.1 Å². The molecule has 0 aliphatic heterocycles. The largest absolute Gasteiger partial charge is 0.296 e. The van der Waals surface area contributed by atoms with Gasteiger partial charge in [0.25, 0.3) is 0 Å². The van der Waals surface area contributed by atoms with Crippen LogP contribution in [-0.2, 0) is 18.6 Å². The van der Waals surface area contributed by atoms with Crippen molar-refractivity contribution in [1.82, 2.24) is 4.98 Å². The fourth-order valence-electron chi connectivity index (χ4n) is 0.969. The molecule has 1 radical (unpaired) electrons. The van der Waals surface area contributed by atoms with Crippen LogP contribution in [-0.4, -0.2) is 4.98 Å². The minimum atomic E-state index is 0. The Labute approximate surface area is 96.5 Å². The number of rotatable bonds is 2. The summed E-state index contributed by atoms with van der Waals surface area (Å²) >= 11 is 0. The summed E-state index contributed by atoms with van der Waals surface area (Å²) in [5, 5.41) is 1.98. The summed E-state index contributed by atoms with van der Waals surface area (Å²) < 4.78 is 0. The zero-order valence-corrected chi connectivity index (χ0v) is 9.54. The van der Waals surface area contributed by atoms with Crippen molar-refractivity contribution in [2.24, 2.45) is 0 Å². The topological polar surface area (TPSA) is 12.9 Å². The Morgan fingerprint density at radius 3 is 2.86 bits per heavy atom. The molecule has 1 heterocycles. The summed E-state index contributed by atoms with van der Waals surface area (Å²) in [7, 11) is 0. The molecule has 14 heavy (non-hydrogen) atoms. The van der Waals surface area contributed by atoms with Gasteiger partial charge in [0.15, 0.2) is 0 Å². The van der Waals surface area contributed by atoms with Gasteiger partial charge in [-0.05, 0) is 12.3 Å². The van der Waals surface area contributed by atoms with Crippen molar-refractivity contribution in [2.75, 3.05) is 0 Å². The minimum Gasteiger partial charge on any atom is -0.296 e. The maximum atomic E-state index is 4.19. The van der Waals surface area contributed by atoms with Crippen LogP contribution in [0.5, 0.6) is 0 Å². The standard InChI is InChI=1S/C12H12N.V/c1-3-5-9-12-11(7-4-2)8-6-10-13-12;/h3-5,7-10H,2H2,1H3;/q-1;/b5-3-,11-7-,12-9+;. The molecule has 0 N–H and O–H groups in total. The molecule has 1 nitrogen and oxygen atoms in total. The molecule has 0 fully saturated rings. The first-order valence-corrected chi connectivity index (χ1v) is 4.16. The Morgan fingerprint density at radius 2 is 2.21 bits per heavy atom. The second-order valence-electron chi connectivity index (χ2n) is 2.50. The van der Waals surface area contributed by atoms with E-state index in [1.807, 2.05) is 37.3 Å². The number of pyridine rings is 1. The third-order valence-electron chi connectivity index (χ3n) is 1.56. The molecule has 0 saturated carbocycles. The van der Waals surface area contributed by atoms with E-state index >= 15 is 0 Å². The van der Waals surface area contributed by atoms with E-state index in [4.69, 9.17) is 0 Å². The molecule has 0 amide bonds. The molecular weight excluding hydrogens is 209 g/mol. The van der Waals surface area contributed by atoms with Crippen molar-refractivity contribution in [2.45, 2.75) is 6.92 Å². The van der Waals surface area contributed by atoms with Gasteiger partial charge in [-0.25, -0.2) is 12.1 Å². The molecule has 0 aliphatic rings. The van der Waals surface area contributed by atoms with E-state index in [1.54, 1.807) is 12.3 Å². The van der Waals surface area contributed by atoms with E-state index in [9.17, 15) is 0 Å². The summed E-state index contributed by atoms with van der Waals surface area (Å²) in [5.74, 6) is 0. The first kappa shape index (κ1) is 13.0. The molecule has 0 atom stereocenters. The molecule has 71 valence electrons. The van der Waals surface area contributed by atoms with Gasteiger partial charge in [0.05, 0.1) is 0 Å². The Bertz CT molecular complexity index is 418. The van der Waals surface area contributed by atoms with E-state index < -0.39 is 0 Å². The van der Waals surface area contributed by atoms with Gasteiger partial charge >= 0.3 is 0 Å². The Balaban J connectivity index is 0.00000169. The molecule has 0 spiro atoms. The maximum absolute atomic E-state index is 4.19. The first-order chi connectivity index (χ1) is 6.38. The predicted octanol–water partition coefficient (Wildman–Crippen LogP) is 1.20. The van der Waals surface area contributed by atoms with Crippen molar-refractivity contribution in [1.29, 1.82) is 0 Å². The van der Waals surface area contributed by atoms with Crippen molar-refractivity contribution in [3.63, 3.8) is 0 Å². The van der Waals surface area contributed by atoms with Gasteiger partial charge in [-0.2, -0.15) is 0 Å². The molecule has 0 saturated heterocycles. The van der Waals surface area contributed by atoms with Gasteiger partial charge < -0.3 is 0 Å². The van der Waals surface area contributed by atoms with E-state index in [0.717, 1.165) is 10.6 Å². The van der Waals surface area contributed by atoms with Gasteiger partial charge in [-0.15, -0.1) is 17.9 Å². The molecule has 1 rings (SSSR count). The average Bonchev–Trinajstić information content (AvgIpc) is 2.17. The van der Waals surface area contributed by atoms with Gasteiger partial charge in [-0.1, -0.05) is 30.5 Å². The fourth-order valence-corrected chi connectivity index (χ4v) is 0.969. The third kappa shape index (κ3) is 3.78. The molecule has 0 unspecified atom stereocenters. The van der Waals surface area contributed by atoms with Crippen molar-refractivity contribution in [3.8, 4) is 0 Å². The number of hydrogen-bond acceptors (Lipinski definition) is 1. The van der Waals surface area contributed by atoms with E-state index in [0.29, 0.717) is 0 Å². The zero-order valence-electron chi connectivity index (χ0n) is 8.14. The second-order valence-corrected chi connectivity index (χ2v) is 2.50. The zero-order chi connectivity index (χ0) is 9.52. The summed E-state index contributed by atoms with van der Waals surface area (Å²) in [6.45, 7) is 5.62. The number of aromatic nitrogens is 1. The summed E-state index contributed by atoms with van der Waals surface area (Å²) in [5.41, 5.74) is 0. The third-order valence-corrected chi connectivity index (χ3v) is 1.56. The van der Waals surface area contributed by atoms with Crippen LogP contribution in [0.3, 0.4) is 0 Å². The van der Waals surface area contributed by atoms with Gasteiger partial charge in [0, 0.05) is 18.6 Å². The molecule has 0 aromatic carbocycles. The van der Waals surface area contributed by atoms with Gasteiger partial charge in [0.2, 0.25) is 0 Å². The van der Waals surface area contributed by atoms with Gasteiger partial charge in [0.1, 0.15) is 0 Å². The van der Waals surface area contributed by atoms with Crippen LogP contribution in [0, 0.1) is 6.07 Å². The van der Waals surface area contributed by atoms with Gasteiger partial charge in [-0.3, -0.25) is 4.98 Å². The second kappa shape index (κ2) is 7.37. The Kier molecular flexibility index (Phi) is 6.82. The number of hydrogen-bond donors (Lipinski definition) is 0. The summed E-state index contributed by atoms with van der Waals surface area (Å²) in [6, 6.07) is 4.82. The fraction of sp³-hybridized carbons (Fsp3) is 0.0833. The van der Waals surface area contributed by atoms with Crippen LogP contribution in [0.25, 0.3) is 12.2 Å². The van der Waals surface area contributed by atoms with Crippen molar-refractivity contribution < 1.29 is 18.6 Å². The Morgan fingerprint density at radius 1 is 1.43 bits per heavy atom. The van der Waals surface area contributed by atoms with Crippen molar-refractivity contribution in [3.05, 3.63) is 53.7 Å². The molecular formula is C12H12NV-. The van der Waals surface area contributed by atoms with Crippen LogP contribution < -0.4 is 10.6 Å². The first-order valence-electron chi connectivity index (χ1n) is 4.16. The summed E-state index contributed by atoms with van der Waals surface area (Å²) in [4.78, 5) is 4.19. The maximum Gasteiger partial charge on any atom is 0 e. The average molecular weight is 221 g/mol. The van der Waals surface area contributed by atoms with Crippen LogP contribution >= 0.6 is 0 Å². The van der Waals surface area contributed by atoms with Crippen molar-refractivity contribution >= 4 is 12.2 Å². The molecule has 0 bridgehead atoms. The summed E-state index contributed by atoms with van der Waals surface area (Å²) in [6.07, 6.45) is 11.2.